The van der Waals surface area contributed by atoms with Crippen LogP contribution in [-0.4, -0.2) is 26.7 Å². The molecular formula is C6H10O2S2. The minimum atomic E-state index is -0.690. The molecule has 58 valence electrons. The van der Waals surface area contributed by atoms with Gasteiger partial charge in [0, 0.05) is 11.5 Å². The average Bonchev–Trinajstić information content (AvgIpc) is 2.12. The lowest BCUT2D eigenvalue weighted by Gasteiger charge is -2.17. The Kier molecular flexibility index (Phi) is 2.52. The predicted octanol–water partition coefficient (Wildman–Crippen LogP) is 1.66. The molecule has 0 aromatic heterocycles. The second kappa shape index (κ2) is 3.05. The minimum Gasteiger partial charge on any atom is -0.481 e. The van der Waals surface area contributed by atoms with Crippen LogP contribution in [0.15, 0.2) is 0 Å². The van der Waals surface area contributed by atoms with E-state index in [9.17, 15) is 4.79 Å². The van der Waals surface area contributed by atoms with Crippen LogP contribution < -0.4 is 0 Å². The highest BCUT2D eigenvalue weighted by molar-refractivity contribution is 8.21. The maximum atomic E-state index is 10.3. The summed E-state index contributed by atoms with van der Waals surface area (Å²) in [5.74, 6) is 1.49. The average molecular weight is 178 g/mol. The summed E-state index contributed by atoms with van der Waals surface area (Å²) in [5.41, 5.74) is 0. The smallest absolute Gasteiger partial charge is 0.305 e. The Bertz CT molecular complexity index is 141. The molecule has 2 nitrogen and oxygen atoms in total. The molecule has 1 aliphatic heterocycles. The van der Waals surface area contributed by atoms with Crippen LogP contribution in [0.5, 0.6) is 0 Å². The number of hydrogen-bond donors (Lipinski definition) is 1. The van der Waals surface area contributed by atoms with Gasteiger partial charge in [0.25, 0.3) is 0 Å². The van der Waals surface area contributed by atoms with Crippen molar-refractivity contribution in [3.05, 3.63) is 0 Å². The van der Waals surface area contributed by atoms with Gasteiger partial charge in [-0.15, -0.1) is 23.5 Å². The number of carboxylic acids is 1. The Morgan fingerprint density at radius 1 is 1.60 bits per heavy atom. The molecule has 0 radical (unpaired) electrons. The van der Waals surface area contributed by atoms with Crippen molar-refractivity contribution in [2.45, 2.75) is 17.4 Å². The number of carbonyl (C=O) groups is 1. The highest BCUT2D eigenvalue weighted by Crippen LogP contribution is 2.45. The van der Waals surface area contributed by atoms with Crippen LogP contribution in [0, 0.1) is 0 Å². The van der Waals surface area contributed by atoms with Crippen LogP contribution in [-0.2, 0) is 4.79 Å². The van der Waals surface area contributed by atoms with Crippen molar-refractivity contribution in [2.75, 3.05) is 11.5 Å². The number of hydrogen-bond acceptors (Lipinski definition) is 3. The summed E-state index contributed by atoms with van der Waals surface area (Å²) in [6.45, 7) is 2.00. The van der Waals surface area contributed by atoms with E-state index in [1.165, 1.54) is 0 Å². The maximum absolute atomic E-state index is 10.3. The molecule has 1 saturated heterocycles. The molecule has 0 spiro atoms. The van der Waals surface area contributed by atoms with Crippen LogP contribution in [0.2, 0.25) is 0 Å². The lowest BCUT2D eigenvalue weighted by atomic mass is 10.3. The fourth-order valence-electron chi connectivity index (χ4n) is 0.934. The molecule has 10 heavy (non-hydrogen) atoms. The van der Waals surface area contributed by atoms with Crippen LogP contribution in [0.3, 0.4) is 0 Å². The lowest BCUT2D eigenvalue weighted by molar-refractivity contribution is -0.137. The molecule has 0 aromatic carbocycles. The molecule has 0 saturated carbocycles. The molecule has 0 atom stereocenters. The highest BCUT2D eigenvalue weighted by atomic mass is 32.2. The number of thioether (sulfide) groups is 2. The molecule has 4 heteroatoms. The normalized spacial score (nSPS) is 22.9. The van der Waals surface area contributed by atoms with Gasteiger partial charge in [0.15, 0.2) is 0 Å². The van der Waals surface area contributed by atoms with Crippen molar-refractivity contribution in [1.29, 1.82) is 0 Å². The summed E-state index contributed by atoms with van der Waals surface area (Å²) in [6, 6.07) is 0. The Morgan fingerprint density at radius 3 is 2.50 bits per heavy atom. The molecule has 0 aliphatic carbocycles. The van der Waals surface area contributed by atoms with Crippen molar-refractivity contribution >= 4 is 29.5 Å². The third kappa shape index (κ3) is 2.09. The standard InChI is InChI=1S/C6H10O2S2/c1-6(4-5(7)8)9-2-3-10-6/h2-4H2,1H3,(H,7,8). The second-order valence-electron chi connectivity index (χ2n) is 2.40. The molecule has 0 aromatic rings. The first-order valence-corrected chi connectivity index (χ1v) is 5.09. The summed E-state index contributed by atoms with van der Waals surface area (Å²) in [7, 11) is 0. The molecule has 1 heterocycles. The monoisotopic (exact) mass is 178 g/mol. The van der Waals surface area contributed by atoms with Crippen molar-refractivity contribution in [3.63, 3.8) is 0 Å². The van der Waals surface area contributed by atoms with Gasteiger partial charge in [-0.1, -0.05) is 0 Å². The molecule has 0 unspecified atom stereocenters. The summed E-state index contributed by atoms with van der Waals surface area (Å²) < 4.78 is -0.0498. The first-order chi connectivity index (χ1) is 4.62. The summed E-state index contributed by atoms with van der Waals surface area (Å²) in [5, 5.41) is 8.51. The van der Waals surface area contributed by atoms with E-state index in [4.69, 9.17) is 5.11 Å². The van der Waals surface area contributed by atoms with Crippen molar-refractivity contribution in [1.82, 2.24) is 0 Å². The second-order valence-corrected chi connectivity index (χ2v) is 5.86. The highest BCUT2D eigenvalue weighted by Gasteiger charge is 2.32. The molecule has 0 amide bonds. The van der Waals surface area contributed by atoms with Gasteiger partial charge in [0.2, 0.25) is 0 Å². The van der Waals surface area contributed by atoms with Gasteiger partial charge in [-0.2, -0.15) is 0 Å². The van der Waals surface area contributed by atoms with Gasteiger partial charge in [-0.3, -0.25) is 4.79 Å². The quantitative estimate of drug-likeness (QED) is 0.697. The maximum Gasteiger partial charge on any atom is 0.305 e. The third-order valence-electron chi connectivity index (χ3n) is 1.37. The predicted molar refractivity (Wildman–Crippen MR) is 45.6 cm³/mol. The van der Waals surface area contributed by atoms with E-state index in [0.717, 1.165) is 11.5 Å². The largest absolute Gasteiger partial charge is 0.481 e. The molecule has 1 rings (SSSR count). The SMILES string of the molecule is CC1(CC(=O)O)SCCS1. The zero-order valence-electron chi connectivity index (χ0n) is 5.79. The van der Waals surface area contributed by atoms with Gasteiger partial charge in [0.05, 0.1) is 10.5 Å². The molecule has 1 aliphatic rings. The third-order valence-corrected chi connectivity index (χ3v) is 4.66. The first-order valence-electron chi connectivity index (χ1n) is 3.12. The van der Waals surface area contributed by atoms with Crippen molar-refractivity contribution < 1.29 is 9.90 Å². The van der Waals surface area contributed by atoms with E-state index in [0.29, 0.717) is 0 Å². The van der Waals surface area contributed by atoms with Gasteiger partial charge in [-0.05, 0) is 6.92 Å². The molecular weight excluding hydrogens is 168 g/mol. The number of rotatable bonds is 2. The van der Waals surface area contributed by atoms with Gasteiger partial charge in [-0.25, -0.2) is 0 Å². The van der Waals surface area contributed by atoms with Crippen LogP contribution in [0.25, 0.3) is 0 Å². The Balaban J connectivity index is 2.43. The van der Waals surface area contributed by atoms with Crippen LogP contribution in [0.4, 0.5) is 0 Å². The van der Waals surface area contributed by atoms with E-state index in [1.54, 1.807) is 23.5 Å². The zero-order valence-corrected chi connectivity index (χ0v) is 7.43. The summed E-state index contributed by atoms with van der Waals surface area (Å²) in [6.07, 6.45) is 0.280. The van der Waals surface area contributed by atoms with E-state index in [-0.39, 0.29) is 10.5 Å². The molecule has 1 N–H and O–H groups in total. The summed E-state index contributed by atoms with van der Waals surface area (Å²) in [4.78, 5) is 10.3. The van der Waals surface area contributed by atoms with Gasteiger partial charge in [0.1, 0.15) is 0 Å². The van der Waals surface area contributed by atoms with E-state index in [2.05, 4.69) is 0 Å². The Morgan fingerprint density at radius 2 is 2.10 bits per heavy atom. The lowest BCUT2D eigenvalue weighted by Crippen LogP contribution is -2.16. The van der Waals surface area contributed by atoms with E-state index < -0.39 is 5.97 Å². The van der Waals surface area contributed by atoms with E-state index in [1.807, 2.05) is 6.92 Å². The Hall–Kier alpha value is 0.170. The van der Waals surface area contributed by atoms with Crippen molar-refractivity contribution in [3.8, 4) is 0 Å². The van der Waals surface area contributed by atoms with E-state index >= 15 is 0 Å². The topological polar surface area (TPSA) is 37.3 Å². The van der Waals surface area contributed by atoms with Gasteiger partial charge >= 0.3 is 5.97 Å². The van der Waals surface area contributed by atoms with Crippen LogP contribution in [0.1, 0.15) is 13.3 Å². The Labute approximate surface area is 68.8 Å². The zero-order chi connectivity index (χ0) is 7.61. The summed E-state index contributed by atoms with van der Waals surface area (Å²) >= 11 is 3.51. The molecule has 0 bridgehead atoms. The fraction of sp³-hybridized carbons (Fsp3) is 0.833. The van der Waals surface area contributed by atoms with Crippen molar-refractivity contribution in [2.24, 2.45) is 0 Å². The first kappa shape index (κ1) is 8.27. The number of aliphatic carboxylic acids is 1. The van der Waals surface area contributed by atoms with Gasteiger partial charge < -0.3 is 5.11 Å². The molecule has 1 fully saturated rings. The minimum absolute atomic E-state index is 0.0498. The number of carboxylic acid groups (broad SMARTS) is 1. The fourth-order valence-corrected chi connectivity index (χ4v) is 3.75. The van der Waals surface area contributed by atoms with Crippen LogP contribution >= 0.6 is 23.5 Å².